The molecule has 1 rings (SSSR count). The van der Waals surface area contributed by atoms with E-state index >= 15 is 0 Å². The first-order chi connectivity index (χ1) is 5.18. The van der Waals surface area contributed by atoms with Crippen LogP contribution in [0.4, 0.5) is 0 Å². The smallest absolute Gasteiger partial charge is 0.218 e. The molecular weight excluding hydrogens is 140 g/mol. The molecule has 0 aliphatic heterocycles. The highest BCUT2D eigenvalue weighted by Gasteiger charge is 2.22. The molecule has 0 unspecified atom stereocenters. The predicted molar refractivity (Wildman–Crippen MR) is 44.0 cm³/mol. The van der Waals surface area contributed by atoms with Gasteiger partial charge in [0.05, 0.1) is 0 Å². The molecule has 0 bridgehead atoms. The van der Waals surface area contributed by atoms with Crippen LogP contribution in [-0.2, 0) is 4.79 Å². The SMILES string of the molecule is CN(CCC(N)=O)CC1CC1. The van der Waals surface area contributed by atoms with Crippen molar-refractivity contribution in [3.63, 3.8) is 0 Å². The minimum atomic E-state index is -0.201. The lowest BCUT2D eigenvalue weighted by Crippen LogP contribution is -2.26. The molecule has 1 aliphatic carbocycles. The summed E-state index contributed by atoms with van der Waals surface area (Å²) in [5.74, 6) is 0.695. The highest BCUT2D eigenvalue weighted by molar-refractivity contribution is 5.73. The van der Waals surface area contributed by atoms with Crippen LogP contribution in [0.1, 0.15) is 19.3 Å². The van der Waals surface area contributed by atoms with Gasteiger partial charge in [-0.05, 0) is 25.8 Å². The summed E-state index contributed by atoms with van der Waals surface area (Å²) in [7, 11) is 2.04. The fourth-order valence-electron chi connectivity index (χ4n) is 1.13. The van der Waals surface area contributed by atoms with Crippen molar-refractivity contribution < 1.29 is 4.79 Å². The lowest BCUT2D eigenvalue weighted by Gasteiger charge is -2.14. The van der Waals surface area contributed by atoms with Gasteiger partial charge in [0, 0.05) is 19.5 Å². The number of primary amides is 1. The quantitative estimate of drug-likeness (QED) is 0.618. The molecule has 2 N–H and O–H groups in total. The summed E-state index contributed by atoms with van der Waals surface area (Å²) >= 11 is 0. The second-order valence-corrected chi connectivity index (χ2v) is 3.42. The molecule has 1 fully saturated rings. The number of hydrogen-bond acceptors (Lipinski definition) is 2. The van der Waals surface area contributed by atoms with Crippen LogP contribution in [0.3, 0.4) is 0 Å². The maximum atomic E-state index is 10.4. The number of carbonyl (C=O) groups excluding carboxylic acids is 1. The van der Waals surface area contributed by atoms with Crippen LogP contribution in [0.25, 0.3) is 0 Å². The Bertz CT molecular complexity index is 143. The molecule has 3 heteroatoms. The van der Waals surface area contributed by atoms with E-state index in [1.54, 1.807) is 0 Å². The van der Waals surface area contributed by atoms with Crippen molar-refractivity contribution in [2.75, 3.05) is 20.1 Å². The van der Waals surface area contributed by atoms with Gasteiger partial charge in [-0.15, -0.1) is 0 Å². The third kappa shape index (κ3) is 3.98. The number of rotatable bonds is 5. The lowest BCUT2D eigenvalue weighted by atomic mass is 10.3. The van der Waals surface area contributed by atoms with Crippen LogP contribution in [0, 0.1) is 5.92 Å². The van der Waals surface area contributed by atoms with Crippen LogP contribution in [0.2, 0.25) is 0 Å². The van der Waals surface area contributed by atoms with E-state index in [4.69, 9.17) is 5.73 Å². The van der Waals surface area contributed by atoms with Gasteiger partial charge >= 0.3 is 0 Å². The molecule has 11 heavy (non-hydrogen) atoms. The minimum Gasteiger partial charge on any atom is -0.370 e. The fraction of sp³-hybridized carbons (Fsp3) is 0.875. The standard InChI is InChI=1S/C8H16N2O/c1-10(5-4-8(9)11)6-7-2-3-7/h7H,2-6H2,1H3,(H2,9,11). The predicted octanol–water partition coefficient (Wildman–Crippen LogP) is 0.204. The first-order valence-electron chi connectivity index (χ1n) is 4.15. The maximum Gasteiger partial charge on any atom is 0.218 e. The molecule has 1 amide bonds. The maximum absolute atomic E-state index is 10.4. The number of hydrogen-bond donors (Lipinski definition) is 1. The summed E-state index contributed by atoms with van der Waals surface area (Å²) in [5, 5.41) is 0. The van der Waals surface area contributed by atoms with Crippen LogP contribution >= 0.6 is 0 Å². The molecular formula is C8H16N2O. The first-order valence-corrected chi connectivity index (χ1v) is 4.15. The van der Waals surface area contributed by atoms with Gasteiger partial charge in [-0.3, -0.25) is 4.79 Å². The number of amides is 1. The van der Waals surface area contributed by atoms with E-state index in [0.717, 1.165) is 19.0 Å². The van der Waals surface area contributed by atoms with Gasteiger partial charge in [0.15, 0.2) is 0 Å². The zero-order chi connectivity index (χ0) is 8.27. The van der Waals surface area contributed by atoms with E-state index in [9.17, 15) is 4.79 Å². The van der Waals surface area contributed by atoms with Crippen molar-refractivity contribution in [1.82, 2.24) is 4.90 Å². The van der Waals surface area contributed by atoms with Crippen LogP contribution < -0.4 is 5.73 Å². The van der Waals surface area contributed by atoms with Gasteiger partial charge in [0.1, 0.15) is 0 Å². The minimum absolute atomic E-state index is 0.201. The number of carbonyl (C=O) groups is 1. The Morgan fingerprint density at radius 2 is 2.27 bits per heavy atom. The molecule has 0 aromatic carbocycles. The molecule has 0 spiro atoms. The summed E-state index contributed by atoms with van der Waals surface area (Å²) in [5.41, 5.74) is 5.02. The largest absolute Gasteiger partial charge is 0.370 e. The Balaban J connectivity index is 1.99. The third-order valence-corrected chi connectivity index (χ3v) is 2.01. The van der Waals surface area contributed by atoms with Gasteiger partial charge in [0.2, 0.25) is 5.91 Å². The third-order valence-electron chi connectivity index (χ3n) is 2.01. The number of nitrogens with zero attached hydrogens (tertiary/aromatic N) is 1. The molecule has 0 aromatic rings. The second kappa shape index (κ2) is 3.72. The van der Waals surface area contributed by atoms with E-state index in [1.165, 1.54) is 12.8 Å². The molecule has 1 aliphatic rings. The zero-order valence-electron chi connectivity index (χ0n) is 7.05. The lowest BCUT2D eigenvalue weighted by molar-refractivity contribution is -0.118. The van der Waals surface area contributed by atoms with Crippen molar-refractivity contribution in [1.29, 1.82) is 0 Å². The number of nitrogens with two attached hydrogens (primary N) is 1. The topological polar surface area (TPSA) is 46.3 Å². The Kier molecular flexibility index (Phi) is 2.88. The first kappa shape index (κ1) is 8.53. The van der Waals surface area contributed by atoms with Crippen molar-refractivity contribution in [3.8, 4) is 0 Å². The molecule has 0 radical (unpaired) electrons. The molecule has 0 heterocycles. The van der Waals surface area contributed by atoms with Crippen molar-refractivity contribution in [2.24, 2.45) is 11.7 Å². The van der Waals surface area contributed by atoms with Crippen LogP contribution in [-0.4, -0.2) is 30.9 Å². The fourth-order valence-corrected chi connectivity index (χ4v) is 1.13. The summed E-state index contributed by atoms with van der Waals surface area (Å²) in [6, 6.07) is 0. The second-order valence-electron chi connectivity index (χ2n) is 3.42. The molecule has 3 nitrogen and oxygen atoms in total. The molecule has 0 aromatic heterocycles. The van der Waals surface area contributed by atoms with E-state index in [0.29, 0.717) is 6.42 Å². The van der Waals surface area contributed by atoms with Gasteiger partial charge in [-0.2, -0.15) is 0 Å². The summed E-state index contributed by atoms with van der Waals surface area (Å²) < 4.78 is 0. The average Bonchev–Trinajstić information content (AvgIpc) is 2.67. The summed E-state index contributed by atoms with van der Waals surface area (Å²) in [6.07, 6.45) is 3.21. The van der Waals surface area contributed by atoms with Crippen LogP contribution in [0.5, 0.6) is 0 Å². The zero-order valence-corrected chi connectivity index (χ0v) is 7.05. The Morgan fingerprint density at radius 3 is 2.73 bits per heavy atom. The molecule has 64 valence electrons. The monoisotopic (exact) mass is 156 g/mol. The summed E-state index contributed by atoms with van der Waals surface area (Å²) in [4.78, 5) is 12.6. The van der Waals surface area contributed by atoms with Crippen molar-refractivity contribution in [2.45, 2.75) is 19.3 Å². The highest BCUT2D eigenvalue weighted by Crippen LogP contribution is 2.29. The van der Waals surface area contributed by atoms with E-state index in [-0.39, 0.29) is 5.91 Å². The Morgan fingerprint density at radius 1 is 1.64 bits per heavy atom. The molecule has 0 atom stereocenters. The Hall–Kier alpha value is -0.570. The van der Waals surface area contributed by atoms with Crippen molar-refractivity contribution in [3.05, 3.63) is 0 Å². The van der Waals surface area contributed by atoms with E-state index in [1.807, 2.05) is 7.05 Å². The Labute approximate surface area is 67.5 Å². The normalized spacial score (nSPS) is 17.3. The van der Waals surface area contributed by atoms with Gasteiger partial charge in [-0.25, -0.2) is 0 Å². The highest BCUT2D eigenvalue weighted by atomic mass is 16.1. The van der Waals surface area contributed by atoms with E-state index < -0.39 is 0 Å². The molecule has 1 saturated carbocycles. The average molecular weight is 156 g/mol. The molecule has 0 saturated heterocycles. The van der Waals surface area contributed by atoms with Gasteiger partial charge < -0.3 is 10.6 Å². The van der Waals surface area contributed by atoms with Crippen LogP contribution in [0.15, 0.2) is 0 Å². The van der Waals surface area contributed by atoms with Gasteiger partial charge in [0.25, 0.3) is 0 Å². The summed E-state index contributed by atoms with van der Waals surface area (Å²) in [6.45, 7) is 1.94. The van der Waals surface area contributed by atoms with Crippen molar-refractivity contribution >= 4 is 5.91 Å². The van der Waals surface area contributed by atoms with Gasteiger partial charge in [-0.1, -0.05) is 0 Å². The van der Waals surface area contributed by atoms with E-state index in [2.05, 4.69) is 4.90 Å².